The summed E-state index contributed by atoms with van der Waals surface area (Å²) in [6.07, 6.45) is 11.5. The zero-order valence-corrected chi connectivity index (χ0v) is 13.8. The fourth-order valence-corrected chi connectivity index (χ4v) is 3.09. The number of carbonyl (C=O) groups is 1. The van der Waals surface area contributed by atoms with Crippen molar-refractivity contribution in [2.75, 3.05) is 20.1 Å². The third-order valence-electron chi connectivity index (χ3n) is 4.32. The van der Waals surface area contributed by atoms with Crippen LogP contribution in [0.3, 0.4) is 0 Å². The van der Waals surface area contributed by atoms with Crippen LogP contribution in [0.25, 0.3) is 0 Å². The summed E-state index contributed by atoms with van der Waals surface area (Å²) in [7, 11) is 3.64. The van der Waals surface area contributed by atoms with E-state index in [0.29, 0.717) is 12.6 Å². The summed E-state index contributed by atoms with van der Waals surface area (Å²) in [5.74, 6) is -0.00170. The lowest BCUT2D eigenvalue weighted by atomic mass is 10.1. The smallest absolute Gasteiger partial charge is 0.241 e. The Labute approximate surface area is 133 Å². The number of aryl methyl sites for hydroxylation is 1. The van der Waals surface area contributed by atoms with E-state index in [4.69, 9.17) is 0 Å². The van der Waals surface area contributed by atoms with Gasteiger partial charge in [0.1, 0.15) is 6.04 Å². The largest absolute Gasteiger partial charge is 0.353 e. The number of nitrogens with zero attached hydrogens (tertiary/aromatic N) is 2. The molecule has 1 unspecified atom stereocenters. The maximum atomic E-state index is 12.3. The first-order valence-electron chi connectivity index (χ1n) is 8.37. The van der Waals surface area contributed by atoms with Crippen LogP contribution in [0.5, 0.6) is 0 Å². The minimum absolute atomic E-state index is 0.00170. The lowest BCUT2D eigenvalue weighted by Crippen LogP contribution is -2.41. The van der Waals surface area contributed by atoms with Crippen LogP contribution in [-0.2, 0) is 11.8 Å². The molecule has 0 spiro atoms. The number of likely N-dealkylation sites (N-methyl/N-ethyl adjacent to an activating group) is 1. The first-order valence-corrected chi connectivity index (χ1v) is 8.37. The third-order valence-corrected chi connectivity index (χ3v) is 4.32. The molecule has 124 valence electrons. The summed E-state index contributed by atoms with van der Waals surface area (Å²) in [5.41, 5.74) is 0.888. The Morgan fingerprint density at radius 2 is 2.05 bits per heavy atom. The predicted octanol–water partition coefficient (Wildman–Crippen LogP) is 1.11. The molecule has 6 nitrogen and oxygen atoms in total. The zero-order valence-electron chi connectivity index (χ0n) is 13.8. The number of rotatable bonds is 7. The summed E-state index contributed by atoms with van der Waals surface area (Å²) in [4.78, 5) is 12.3. The Morgan fingerprint density at radius 1 is 1.32 bits per heavy atom. The Kier molecular flexibility index (Phi) is 6.86. The summed E-state index contributed by atoms with van der Waals surface area (Å²) in [5, 5.41) is 13.7. The monoisotopic (exact) mass is 307 g/mol. The van der Waals surface area contributed by atoms with Gasteiger partial charge in [0.25, 0.3) is 0 Å². The van der Waals surface area contributed by atoms with Gasteiger partial charge in [0.05, 0.1) is 6.20 Å². The molecule has 1 aromatic rings. The van der Waals surface area contributed by atoms with Crippen LogP contribution >= 0.6 is 0 Å². The van der Waals surface area contributed by atoms with E-state index in [0.717, 1.165) is 12.1 Å². The van der Waals surface area contributed by atoms with Crippen LogP contribution in [0, 0.1) is 0 Å². The summed E-state index contributed by atoms with van der Waals surface area (Å²) in [6.45, 7) is 1.49. The van der Waals surface area contributed by atoms with Gasteiger partial charge in [-0.2, -0.15) is 5.10 Å². The van der Waals surface area contributed by atoms with Crippen LogP contribution in [0.2, 0.25) is 0 Å². The Bertz CT molecular complexity index is 451. The van der Waals surface area contributed by atoms with Crippen molar-refractivity contribution >= 4 is 5.91 Å². The van der Waals surface area contributed by atoms with Crippen molar-refractivity contribution in [3.05, 3.63) is 18.0 Å². The quantitative estimate of drug-likeness (QED) is 0.521. The van der Waals surface area contributed by atoms with Gasteiger partial charge < -0.3 is 16.0 Å². The lowest BCUT2D eigenvalue weighted by Gasteiger charge is -2.18. The fraction of sp³-hybridized carbons (Fsp3) is 0.750. The number of hydrogen-bond donors (Lipinski definition) is 3. The average molecular weight is 307 g/mol. The van der Waals surface area contributed by atoms with E-state index in [2.05, 4.69) is 21.0 Å². The molecule has 1 fully saturated rings. The van der Waals surface area contributed by atoms with Gasteiger partial charge >= 0.3 is 0 Å². The van der Waals surface area contributed by atoms with Crippen molar-refractivity contribution in [1.82, 2.24) is 25.7 Å². The molecule has 0 radical (unpaired) electrons. The van der Waals surface area contributed by atoms with Crippen molar-refractivity contribution in [2.24, 2.45) is 7.05 Å². The standard InChI is InChI=1S/C16H29N5O/c1-17-15(13-11-20-21(2)12-13)16(22)19-10-9-18-14-7-5-3-4-6-8-14/h11-12,14-15,17-18H,3-10H2,1-2H3,(H,19,22). The molecular weight excluding hydrogens is 278 g/mol. The second kappa shape index (κ2) is 8.90. The molecule has 1 heterocycles. The van der Waals surface area contributed by atoms with Crippen molar-refractivity contribution in [3.8, 4) is 0 Å². The Hall–Kier alpha value is -1.40. The third kappa shape index (κ3) is 5.10. The first kappa shape index (κ1) is 17.0. The highest BCUT2D eigenvalue weighted by Crippen LogP contribution is 2.16. The van der Waals surface area contributed by atoms with Gasteiger partial charge in [-0.15, -0.1) is 0 Å². The highest BCUT2D eigenvalue weighted by molar-refractivity contribution is 5.82. The normalized spacial score (nSPS) is 17.9. The van der Waals surface area contributed by atoms with E-state index >= 15 is 0 Å². The van der Waals surface area contributed by atoms with Crippen molar-refractivity contribution in [1.29, 1.82) is 0 Å². The molecule has 0 aliphatic heterocycles. The SMILES string of the molecule is CNC(C(=O)NCCNC1CCCCCC1)c1cnn(C)c1. The van der Waals surface area contributed by atoms with E-state index in [1.165, 1.54) is 38.5 Å². The lowest BCUT2D eigenvalue weighted by molar-refractivity contribution is -0.123. The molecule has 1 aromatic heterocycles. The zero-order chi connectivity index (χ0) is 15.8. The minimum atomic E-state index is -0.341. The Morgan fingerprint density at radius 3 is 2.64 bits per heavy atom. The van der Waals surface area contributed by atoms with Gasteiger partial charge in [-0.05, 0) is 19.9 Å². The minimum Gasteiger partial charge on any atom is -0.353 e. The van der Waals surface area contributed by atoms with E-state index < -0.39 is 0 Å². The first-order chi connectivity index (χ1) is 10.7. The van der Waals surface area contributed by atoms with E-state index in [1.807, 2.05) is 13.2 Å². The van der Waals surface area contributed by atoms with Crippen LogP contribution in [0.15, 0.2) is 12.4 Å². The molecule has 1 aliphatic rings. The molecule has 1 atom stereocenters. The highest BCUT2D eigenvalue weighted by Gasteiger charge is 2.19. The summed E-state index contributed by atoms with van der Waals surface area (Å²) in [6, 6.07) is 0.282. The molecule has 3 N–H and O–H groups in total. The highest BCUT2D eigenvalue weighted by atomic mass is 16.2. The molecule has 22 heavy (non-hydrogen) atoms. The van der Waals surface area contributed by atoms with E-state index in [1.54, 1.807) is 17.9 Å². The van der Waals surface area contributed by atoms with Gasteiger partial charge in [0.15, 0.2) is 0 Å². The number of amides is 1. The number of carbonyl (C=O) groups excluding carboxylic acids is 1. The van der Waals surface area contributed by atoms with E-state index in [9.17, 15) is 4.79 Å². The van der Waals surface area contributed by atoms with Gasteiger partial charge in [0.2, 0.25) is 5.91 Å². The molecule has 1 aliphatic carbocycles. The topological polar surface area (TPSA) is 71.0 Å². The number of hydrogen-bond acceptors (Lipinski definition) is 4. The second-order valence-electron chi connectivity index (χ2n) is 6.10. The number of nitrogens with one attached hydrogen (secondary N) is 3. The molecule has 2 rings (SSSR count). The van der Waals surface area contributed by atoms with Crippen LogP contribution < -0.4 is 16.0 Å². The van der Waals surface area contributed by atoms with Crippen LogP contribution in [0.4, 0.5) is 0 Å². The Balaban J connectivity index is 1.70. The van der Waals surface area contributed by atoms with Gasteiger partial charge in [-0.1, -0.05) is 25.7 Å². The number of aromatic nitrogens is 2. The van der Waals surface area contributed by atoms with Crippen molar-refractivity contribution < 1.29 is 4.79 Å². The maximum absolute atomic E-state index is 12.3. The molecule has 1 saturated carbocycles. The second-order valence-corrected chi connectivity index (χ2v) is 6.10. The molecular formula is C16H29N5O. The van der Waals surface area contributed by atoms with Crippen molar-refractivity contribution in [3.63, 3.8) is 0 Å². The van der Waals surface area contributed by atoms with Gasteiger partial charge in [-0.3, -0.25) is 9.48 Å². The molecule has 0 aromatic carbocycles. The molecule has 1 amide bonds. The fourth-order valence-electron chi connectivity index (χ4n) is 3.09. The predicted molar refractivity (Wildman–Crippen MR) is 87.5 cm³/mol. The van der Waals surface area contributed by atoms with Crippen LogP contribution in [-0.4, -0.2) is 41.9 Å². The molecule has 6 heteroatoms. The average Bonchev–Trinajstić information content (AvgIpc) is 2.77. The summed E-state index contributed by atoms with van der Waals surface area (Å²) < 4.78 is 1.71. The maximum Gasteiger partial charge on any atom is 0.241 e. The van der Waals surface area contributed by atoms with Crippen molar-refractivity contribution in [2.45, 2.75) is 50.6 Å². The molecule has 0 bridgehead atoms. The summed E-state index contributed by atoms with van der Waals surface area (Å²) >= 11 is 0. The van der Waals surface area contributed by atoms with Gasteiger partial charge in [0, 0.05) is 37.9 Å². The molecule has 0 saturated heterocycles. The van der Waals surface area contributed by atoms with Crippen LogP contribution in [0.1, 0.15) is 50.1 Å². The van der Waals surface area contributed by atoms with Gasteiger partial charge in [-0.25, -0.2) is 0 Å². The van der Waals surface area contributed by atoms with E-state index in [-0.39, 0.29) is 11.9 Å².